The summed E-state index contributed by atoms with van der Waals surface area (Å²) in [6.07, 6.45) is 1.56. The number of benzene rings is 1. The van der Waals surface area contributed by atoms with Gasteiger partial charge < -0.3 is 15.4 Å². The summed E-state index contributed by atoms with van der Waals surface area (Å²) >= 11 is 0. The van der Waals surface area contributed by atoms with E-state index in [0.29, 0.717) is 25.3 Å². The number of carbonyl (C=O) groups excluding carboxylic acids is 1. The molecule has 0 aromatic heterocycles. The molecule has 5 heteroatoms. The molecule has 19 heavy (non-hydrogen) atoms. The number of ether oxygens (including phenoxy) is 1. The molecule has 1 aromatic rings. The van der Waals surface area contributed by atoms with Crippen molar-refractivity contribution in [3.05, 3.63) is 30.1 Å². The van der Waals surface area contributed by atoms with E-state index in [0.717, 1.165) is 6.42 Å². The van der Waals surface area contributed by atoms with Gasteiger partial charge in [0.25, 0.3) is 0 Å². The van der Waals surface area contributed by atoms with Gasteiger partial charge in [-0.25, -0.2) is 4.39 Å². The van der Waals surface area contributed by atoms with Gasteiger partial charge in [0.1, 0.15) is 18.2 Å². The van der Waals surface area contributed by atoms with Crippen LogP contribution in [-0.4, -0.2) is 37.0 Å². The van der Waals surface area contributed by atoms with Gasteiger partial charge in [-0.15, -0.1) is 0 Å². The van der Waals surface area contributed by atoms with Gasteiger partial charge in [0.15, 0.2) is 0 Å². The molecule has 0 heterocycles. The second-order valence-corrected chi connectivity index (χ2v) is 4.46. The molecule has 1 unspecified atom stereocenters. The number of halogens is 1. The van der Waals surface area contributed by atoms with Crippen LogP contribution in [0.3, 0.4) is 0 Å². The molecule has 1 amide bonds. The number of nitrogens with two attached hydrogens (primary N) is 1. The number of likely N-dealkylation sites (N-methyl/N-ethyl adjacent to an activating group) is 1. The SMILES string of the molecule is CCCC(N)C(=O)N(C)CCOc1ccc(F)cc1. The highest BCUT2D eigenvalue weighted by Crippen LogP contribution is 2.10. The molecule has 0 bridgehead atoms. The van der Waals surface area contributed by atoms with E-state index >= 15 is 0 Å². The lowest BCUT2D eigenvalue weighted by molar-refractivity contribution is -0.131. The number of nitrogens with zero attached hydrogens (tertiary/aromatic N) is 1. The predicted molar refractivity (Wildman–Crippen MR) is 72.4 cm³/mol. The van der Waals surface area contributed by atoms with Crippen molar-refractivity contribution in [3.8, 4) is 5.75 Å². The van der Waals surface area contributed by atoms with Crippen LogP contribution in [0.25, 0.3) is 0 Å². The zero-order chi connectivity index (χ0) is 14.3. The van der Waals surface area contributed by atoms with Gasteiger partial charge in [0, 0.05) is 7.05 Å². The first-order valence-corrected chi connectivity index (χ1v) is 6.43. The minimum absolute atomic E-state index is 0.0791. The van der Waals surface area contributed by atoms with Crippen LogP contribution in [0, 0.1) is 5.82 Å². The Bertz CT molecular complexity index is 395. The molecule has 1 atom stereocenters. The Morgan fingerprint density at radius 2 is 2.05 bits per heavy atom. The van der Waals surface area contributed by atoms with E-state index in [1.54, 1.807) is 24.1 Å². The van der Waals surface area contributed by atoms with Gasteiger partial charge in [-0.1, -0.05) is 13.3 Å². The Balaban J connectivity index is 2.32. The third-order valence-electron chi connectivity index (χ3n) is 2.80. The first-order valence-electron chi connectivity index (χ1n) is 6.43. The van der Waals surface area contributed by atoms with Crippen molar-refractivity contribution in [1.29, 1.82) is 0 Å². The van der Waals surface area contributed by atoms with Crippen LogP contribution >= 0.6 is 0 Å². The Hall–Kier alpha value is -1.62. The minimum atomic E-state index is -0.444. The summed E-state index contributed by atoms with van der Waals surface area (Å²) in [4.78, 5) is 13.4. The van der Waals surface area contributed by atoms with Crippen LogP contribution in [0.1, 0.15) is 19.8 Å². The third kappa shape index (κ3) is 5.26. The summed E-state index contributed by atoms with van der Waals surface area (Å²) in [5.41, 5.74) is 5.75. The van der Waals surface area contributed by atoms with Crippen molar-refractivity contribution in [2.24, 2.45) is 5.73 Å². The van der Waals surface area contributed by atoms with Gasteiger partial charge in [-0.3, -0.25) is 4.79 Å². The monoisotopic (exact) mass is 268 g/mol. The maximum Gasteiger partial charge on any atom is 0.239 e. The highest BCUT2D eigenvalue weighted by atomic mass is 19.1. The van der Waals surface area contributed by atoms with Crippen molar-refractivity contribution in [3.63, 3.8) is 0 Å². The molecule has 0 saturated heterocycles. The topological polar surface area (TPSA) is 55.6 Å². The van der Waals surface area contributed by atoms with Crippen molar-refractivity contribution in [2.75, 3.05) is 20.2 Å². The molecule has 0 aliphatic heterocycles. The van der Waals surface area contributed by atoms with E-state index in [2.05, 4.69) is 0 Å². The van der Waals surface area contributed by atoms with Gasteiger partial charge in [-0.05, 0) is 30.7 Å². The van der Waals surface area contributed by atoms with Crippen LogP contribution < -0.4 is 10.5 Å². The van der Waals surface area contributed by atoms with Crippen LogP contribution in [0.15, 0.2) is 24.3 Å². The van der Waals surface area contributed by atoms with E-state index < -0.39 is 6.04 Å². The summed E-state index contributed by atoms with van der Waals surface area (Å²) in [5, 5.41) is 0. The minimum Gasteiger partial charge on any atom is -0.492 e. The van der Waals surface area contributed by atoms with Crippen LogP contribution in [0.4, 0.5) is 4.39 Å². The molecular weight excluding hydrogens is 247 g/mol. The zero-order valence-electron chi connectivity index (χ0n) is 11.4. The summed E-state index contributed by atoms with van der Waals surface area (Å²) in [5.74, 6) is 0.204. The summed E-state index contributed by atoms with van der Waals surface area (Å²) in [6.45, 7) is 2.80. The molecule has 106 valence electrons. The molecule has 4 nitrogen and oxygen atoms in total. The number of amides is 1. The van der Waals surface area contributed by atoms with E-state index in [4.69, 9.17) is 10.5 Å². The molecule has 2 N–H and O–H groups in total. The number of rotatable bonds is 7. The van der Waals surface area contributed by atoms with Gasteiger partial charge in [-0.2, -0.15) is 0 Å². The van der Waals surface area contributed by atoms with Gasteiger partial charge in [0.2, 0.25) is 5.91 Å². The number of hydrogen-bond acceptors (Lipinski definition) is 3. The zero-order valence-corrected chi connectivity index (χ0v) is 11.4. The van der Waals surface area contributed by atoms with Crippen LogP contribution in [0.2, 0.25) is 0 Å². The first-order chi connectivity index (χ1) is 9.04. The predicted octanol–water partition coefficient (Wildman–Crippen LogP) is 1.79. The average molecular weight is 268 g/mol. The Morgan fingerprint density at radius 3 is 2.63 bits per heavy atom. The molecule has 0 aliphatic carbocycles. The lowest BCUT2D eigenvalue weighted by Gasteiger charge is -2.21. The van der Waals surface area contributed by atoms with Gasteiger partial charge >= 0.3 is 0 Å². The summed E-state index contributed by atoms with van der Waals surface area (Å²) in [7, 11) is 1.70. The standard InChI is InChI=1S/C14H21FN2O2/c1-3-4-13(16)14(18)17(2)9-10-19-12-7-5-11(15)6-8-12/h5-8,13H,3-4,9-10,16H2,1-2H3. The van der Waals surface area contributed by atoms with E-state index in [9.17, 15) is 9.18 Å². The number of carbonyl (C=O) groups is 1. The van der Waals surface area contributed by atoms with Crippen molar-refractivity contribution >= 4 is 5.91 Å². The summed E-state index contributed by atoms with van der Waals surface area (Å²) in [6, 6.07) is 5.34. The highest BCUT2D eigenvalue weighted by Gasteiger charge is 2.16. The summed E-state index contributed by atoms with van der Waals surface area (Å²) < 4.78 is 18.1. The molecule has 1 rings (SSSR count). The smallest absolute Gasteiger partial charge is 0.239 e. The number of hydrogen-bond donors (Lipinski definition) is 1. The largest absolute Gasteiger partial charge is 0.492 e. The normalized spacial score (nSPS) is 12.0. The van der Waals surface area contributed by atoms with Crippen LogP contribution in [-0.2, 0) is 4.79 Å². The molecule has 0 spiro atoms. The molecule has 0 aliphatic rings. The fourth-order valence-corrected chi connectivity index (χ4v) is 1.66. The molecule has 0 fully saturated rings. The van der Waals surface area contributed by atoms with Crippen LogP contribution in [0.5, 0.6) is 5.75 Å². The molecule has 0 saturated carbocycles. The van der Waals surface area contributed by atoms with Crippen molar-refractivity contribution in [2.45, 2.75) is 25.8 Å². The van der Waals surface area contributed by atoms with Crippen molar-refractivity contribution < 1.29 is 13.9 Å². The second-order valence-electron chi connectivity index (χ2n) is 4.46. The maximum absolute atomic E-state index is 12.7. The highest BCUT2D eigenvalue weighted by molar-refractivity contribution is 5.81. The quantitative estimate of drug-likeness (QED) is 0.820. The van der Waals surface area contributed by atoms with E-state index in [1.165, 1.54) is 12.1 Å². The average Bonchev–Trinajstić information content (AvgIpc) is 2.40. The second kappa shape index (κ2) is 7.74. The maximum atomic E-state index is 12.7. The fraction of sp³-hybridized carbons (Fsp3) is 0.500. The van der Waals surface area contributed by atoms with E-state index in [-0.39, 0.29) is 11.7 Å². The molecule has 0 radical (unpaired) electrons. The Labute approximate surface area is 113 Å². The van der Waals surface area contributed by atoms with Crippen molar-refractivity contribution in [1.82, 2.24) is 4.90 Å². The molecular formula is C14H21FN2O2. The first kappa shape index (κ1) is 15.4. The molecule has 1 aromatic carbocycles. The fourth-order valence-electron chi connectivity index (χ4n) is 1.66. The lowest BCUT2D eigenvalue weighted by atomic mass is 10.1. The third-order valence-corrected chi connectivity index (χ3v) is 2.80. The van der Waals surface area contributed by atoms with E-state index in [1.807, 2.05) is 6.92 Å². The Kier molecular flexibility index (Phi) is 6.29. The Morgan fingerprint density at radius 1 is 1.42 bits per heavy atom. The van der Waals surface area contributed by atoms with Gasteiger partial charge in [0.05, 0.1) is 12.6 Å². The lowest BCUT2D eigenvalue weighted by Crippen LogP contribution is -2.43.